The van der Waals surface area contributed by atoms with E-state index in [1.807, 2.05) is 4.90 Å². The van der Waals surface area contributed by atoms with E-state index in [9.17, 15) is 4.79 Å². The maximum atomic E-state index is 12.3. The third-order valence-electron chi connectivity index (χ3n) is 5.40. The van der Waals surface area contributed by atoms with Crippen LogP contribution in [0.25, 0.3) is 0 Å². The monoisotopic (exact) mass is 330 g/mol. The molecule has 0 spiro atoms. The number of fused-ring (bicyclic) bond motifs is 1. The van der Waals surface area contributed by atoms with Crippen molar-refractivity contribution in [3.63, 3.8) is 0 Å². The van der Waals surface area contributed by atoms with Gasteiger partial charge in [-0.15, -0.1) is 10.2 Å². The molecular weight excluding hydrogens is 304 g/mol. The van der Waals surface area contributed by atoms with Gasteiger partial charge in [-0.3, -0.25) is 4.90 Å². The van der Waals surface area contributed by atoms with Crippen LogP contribution in [0.1, 0.15) is 37.8 Å². The molecule has 0 bridgehead atoms. The molecule has 1 N–H and O–H groups in total. The van der Waals surface area contributed by atoms with Gasteiger partial charge in [0, 0.05) is 44.7 Å². The van der Waals surface area contributed by atoms with Crippen molar-refractivity contribution in [2.75, 3.05) is 19.6 Å². The number of aryl methyl sites for hydroxylation is 1. The summed E-state index contributed by atoms with van der Waals surface area (Å²) in [5.74, 6) is 2.15. The highest BCUT2D eigenvalue weighted by Crippen LogP contribution is 2.21. The van der Waals surface area contributed by atoms with Gasteiger partial charge in [-0.25, -0.2) is 4.79 Å². The van der Waals surface area contributed by atoms with Gasteiger partial charge in [-0.2, -0.15) is 0 Å². The Balaban J connectivity index is 1.27. The van der Waals surface area contributed by atoms with Crippen molar-refractivity contribution in [1.82, 2.24) is 29.9 Å². The Kier molecular flexibility index (Phi) is 4.26. The summed E-state index contributed by atoms with van der Waals surface area (Å²) >= 11 is 0. The Bertz CT molecular complexity index is 633. The Hall–Kier alpha value is -1.89. The van der Waals surface area contributed by atoms with E-state index in [2.05, 4.69) is 44.1 Å². The van der Waals surface area contributed by atoms with Gasteiger partial charge in [0.1, 0.15) is 11.6 Å². The van der Waals surface area contributed by atoms with Gasteiger partial charge in [0.25, 0.3) is 0 Å². The Labute approximate surface area is 142 Å². The molecule has 1 aromatic heterocycles. The molecule has 7 heteroatoms. The molecular formula is C17H26N6O. The number of nitrogens with zero attached hydrogens (tertiary/aromatic N) is 5. The molecule has 1 aromatic rings. The number of carbonyl (C=O) groups is 1. The Morgan fingerprint density at radius 1 is 1.33 bits per heavy atom. The van der Waals surface area contributed by atoms with Gasteiger partial charge in [0.05, 0.1) is 6.54 Å². The molecule has 0 aromatic carbocycles. The number of aromatic nitrogens is 3. The number of likely N-dealkylation sites (tertiary alicyclic amines) is 1. The number of nitrogens with one attached hydrogen (secondary N) is 1. The zero-order chi connectivity index (χ0) is 16.5. The lowest BCUT2D eigenvalue weighted by molar-refractivity contribution is 0.0383. The van der Waals surface area contributed by atoms with Crippen LogP contribution in [-0.2, 0) is 19.5 Å². The summed E-state index contributed by atoms with van der Waals surface area (Å²) in [5.41, 5.74) is 0. The molecule has 1 atom stereocenters. The smallest absolute Gasteiger partial charge is 0.317 e. The first-order chi connectivity index (χ1) is 11.7. The molecule has 7 nitrogen and oxygen atoms in total. The zero-order valence-corrected chi connectivity index (χ0v) is 14.3. The lowest BCUT2D eigenvalue weighted by atomic mass is 10.0. The second kappa shape index (κ2) is 6.55. The second-order valence-electron chi connectivity index (χ2n) is 6.98. The highest BCUT2D eigenvalue weighted by Gasteiger charge is 2.37. The maximum absolute atomic E-state index is 12.3. The van der Waals surface area contributed by atoms with Gasteiger partial charge in [-0.1, -0.05) is 19.1 Å². The number of hydrogen-bond acceptors (Lipinski definition) is 4. The number of carbonyl (C=O) groups excluding carboxylic acids is 1. The fourth-order valence-corrected chi connectivity index (χ4v) is 3.84. The summed E-state index contributed by atoms with van der Waals surface area (Å²) in [5, 5.41) is 11.7. The van der Waals surface area contributed by atoms with Crippen molar-refractivity contribution in [3.8, 4) is 0 Å². The summed E-state index contributed by atoms with van der Waals surface area (Å²) in [7, 11) is 0. The fourth-order valence-electron chi connectivity index (χ4n) is 3.84. The van der Waals surface area contributed by atoms with Crippen LogP contribution in [0.3, 0.4) is 0 Å². The molecule has 24 heavy (non-hydrogen) atoms. The largest absolute Gasteiger partial charge is 0.332 e. The van der Waals surface area contributed by atoms with E-state index in [-0.39, 0.29) is 12.1 Å². The Morgan fingerprint density at radius 2 is 2.21 bits per heavy atom. The maximum Gasteiger partial charge on any atom is 0.317 e. The molecule has 1 saturated heterocycles. The van der Waals surface area contributed by atoms with Crippen LogP contribution < -0.4 is 5.32 Å². The average molecular weight is 330 g/mol. The van der Waals surface area contributed by atoms with Crippen LogP contribution in [0.2, 0.25) is 0 Å². The van der Waals surface area contributed by atoms with Crippen molar-refractivity contribution in [2.24, 2.45) is 0 Å². The molecule has 1 aliphatic carbocycles. The molecule has 3 aliphatic rings. The van der Waals surface area contributed by atoms with Crippen LogP contribution >= 0.6 is 0 Å². The SMILES string of the molecule is CCc1nnc2n1CCN(C1CN(C(=O)N[C@H]3C=CCCC3)C1)C2. The minimum atomic E-state index is 0.0799. The van der Waals surface area contributed by atoms with Crippen molar-refractivity contribution in [1.29, 1.82) is 0 Å². The molecule has 0 saturated carbocycles. The molecule has 130 valence electrons. The van der Waals surface area contributed by atoms with Crippen molar-refractivity contribution in [3.05, 3.63) is 23.8 Å². The van der Waals surface area contributed by atoms with Crippen LogP contribution in [0.15, 0.2) is 12.2 Å². The predicted molar refractivity (Wildman–Crippen MR) is 90.5 cm³/mol. The van der Waals surface area contributed by atoms with Gasteiger partial charge in [0.15, 0.2) is 0 Å². The topological polar surface area (TPSA) is 66.3 Å². The number of allylic oxidation sites excluding steroid dienone is 1. The average Bonchev–Trinajstić information content (AvgIpc) is 2.97. The number of rotatable bonds is 3. The molecule has 0 radical (unpaired) electrons. The predicted octanol–water partition coefficient (Wildman–Crippen LogP) is 1.16. The van der Waals surface area contributed by atoms with E-state index in [4.69, 9.17) is 0 Å². The summed E-state index contributed by atoms with van der Waals surface area (Å²) in [6.45, 7) is 6.57. The summed E-state index contributed by atoms with van der Waals surface area (Å²) in [6, 6.07) is 0.746. The number of amides is 2. The van der Waals surface area contributed by atoms with Crippen LogP contribution in [0.5, 0.6) is 0 Å². The number of hydrogen-bond donors (Lipinski definition) is 1. The van der Waals surface area contributed by atoms with Crippen molar-refractivity contribution in [2.45, 2.75) is 57.8 Å². The van der Waals surface area contributed by atoms with Gasteiger partial charge in [0.2, 0.25) is 0 Å². The summed E-state index contributed by atoms with van der Waals surface area (Å²) < 4.78 is 2.25. The van der Waals surface area contributed by atoms with E-state index in [0.717, 1.165) is 70.1 Å². The standard InChI is InChI=1S/C17H26N6O/c1-2-15-19-20-16-12-21(8-9-23(15)16)14-10-22(11-14)17(24)18-13-6-4-3-5-7-13/h4,6,13-14H,2-3,5,7-12H2,1H3,(H,18,24)/t13-/m0/s1. The Morgan fingerprint density at radius 3 is 2.96 bits per heavy atom. The van der Waals surface area contributed by atoms with E-state index in [1.165, 1.54) is 0 Å². The molecule has 2 amide bonds. The molecule has 3 heterocycles. The first-order valence-corrected chi connectivity index (χ1v) is 9.11. The van der Waals surface area contributed by atoms with Gasteiger partial charge in [-0.05, 0) is 19.3 Å². The van der Waals surface area contributed by atoms with Crippen LogP contribution in [0.4, 0.5) is 4.79 Å². The highest BCUT2D eigenvalue weighted by molar-refractivity contribution is 5.75. The third-order valence-corrected chi connectivity index (χ3v) is 5.40. The lowest BCUT2D eigenvalue weighted by Gasteiger charge is -2.46. The quantitative estimate of drug-likeness (QED) is 0.845. The normalized spacial score (nSPS) is 24.5. The van der Waals surface area contributed by atoms with Gasteiger partial charge < -0.3 is 14.8 Å². The highest BCUT2D eigenvalue weighted by atomic mass is 16.2. The van der Waals surface area contributed by atoms with Crippen LogP contribution in [-0.4, -0.2) is 62.3 Å². The van der Waals surface area contributed by atoms with Gasteiger partial charge >= 0.3 is 6.03 Å². The minimum absolute atomic E-state index is 0.0799. The molecule has 0 unspecified atom stereocenters. The fraction of sp³-hybridized carbons (Fsp3) is 0.706. The zero-order valence-electron chi connectivity index (χ0n) is 14.3. The molecule has 4 rings (SSSR count). The first kappa shape index (κ1) is 15.6. The minimum Gasteiger partial charge on any atom is -0.332 e. The second-order valence-corrected chi connectivity index (χ2v) is 6.98. The van der Waals surface area contributed by atoms with E-state index < -0.39 is 0 Å². The third kappa shape index (κ3) is 2.92. The summed E-state index contributed by atoms with van der Waals surface area (Å²) in [6.07, 6.45) is 8.58. The first-order valence-electron chi connectivity index (χ1n) is 9.11. The molecule has 1 fully saturated rings. The lowest BCUT2D eigenvalue weighted by Crippen LogP contribution is -2.64. The van der Waals surface area contributed by atoms with Crippen molar-refractivity contribution < 1.29 is 4.79 Å². The van der Waals surface area contributed by atoms with E-state index >= 15 is 0 Å². The van der Waals surface area contributed by atoms with E-state index in [0.29, 0.717) is 6.04 Å². The molecule has 2 aliphatic heterocycles. The summed E-state index contributed by atoms with van der Waals surface area (Å²) in [4.78, 5) is 16.7. The van der Waals surface area contributed by atoms with Crippen molar-refractivity contribution >= 4 is 6.03 Å². The van der Waals surface area contributed by atoms with Crippen LogP contribution in [0, 0.1) is 0 Å². The number of urea groups is 1. The van der Waals surface area contributed by atoms with E-state index in [1.54, 1.807) is 0 Å².